The molecule has 0 aliphatic rings. The molecule has 28 heavy (non-hydrogen) atoms. The van der Waals surface area contributed by atoms with Gasteiger partial charge < -0.3 is 20.7 Å². The van der Waals surface area contributed by atoms with Gasteiger partial charge in [0.15, 0.2) is 0 Å². The molecule has 2 aromatic carbocycles. The van der Waals surface area contributed by atoms with Crippen LogP contribution in [-0.2, 0) is 4.79 Å². The summed E-state index contributed by atoms with van der Waals surface area (Å²) in [5.41, 5.74) is 3.20. The van der Waals surface area contributed by atoms with Crippen molar-refractivity contribution in [1.29, 1.82) is 0 Å². The number of aryl methyl sites for hydroxylation is 1. The maximum atomic E-state index is 11.1. The van der Waals surface area contributed by atoms with E-state index in [9.17, 15) is 4.79 Å². The first kappa shape index (κ1) is 19.4. The molecule has 0 radical (unpaired) electrons. The predicted octanol–water partition coefficient (Wildman–Crippen LogP) is 4.89. The van der Waals surface area contributed by atoms with Gasteiger partial charge in [-0.2, -0.15) is 4.98 Å². The van der Waals surface area contributed by atoms with Crippen molar-refractivity contribution in [3.63, 3.8) is 0 Å². The first-order valence-corrected chi connectivity index (χ1v) is 8.91. The third-order valence-corrected chi connectivity index (χ3v) is 4.27. The molecular weight excluding hydrogens is 378 g/mol. The molecule has 0 saturated heterocycles. The summed E-state index contributed by atoms with van der Waals surface area (Å²) in [4.78, 5) is 19.8. The van der Waals surface area contributed by atoms with Crippen LogP contribution in [0.15, 0.2) is 48.7 Å². The minimum absolute atomic E-state index is 0.115. The lowest BCUT2D eigenvalue weighted by atomic mass is 10.2. The summed E-state index contributed by atoms with van der Waals surface area (Å²) in [6, 6.07) is 12.7. The summed E-state index contributed by atoms with van der Waals surface area (Å²) in [5.74, 6) is 1.54. The van der Waals surface area contributed by atoms with Crippen LogP contribution < -0.4 is 20.7 Å². The van der Waals surface area contributed by atoms with E-state index in [1.165, 1.54) is 6.92 Å². The molecule has 1 aromatic heterocycles. The molecule has 0 unspecified atom stereocenters. The molecule has 0 saturated carbocycles. The van der Waals surface area contributed by atoms with Crippen molar-refractivity contribution >= 4 is 46.3 Å². The highest BCUT2D eigenvalue weighted by Crippen LogP contribution is 2.32. The van der Waals surface area contributed by atoms with Gasteiger partial charge in [-0.1, -0.05) is 11.6 Å². The molecule has 3 aromatic rings. The number of aromatic nitrogens is 2. The molecule has 0 atom stereocenters. The van der Waals surface area contributed by atoms with Gasteiger partial charge in [-0.3, -0.25) is 4.79 Å². The van der Waals surface area contributed by atoms with Gasteiger partial charge in [-0.05, 0) is 48.9 Å². The zero-order chi connectivity index (χ0) is 20.1. The minimum atomic E-state index is -0.115. The largest absolute Gasteiger partial charge is 0.495 e. The fourth-order valence-electron chi connectivity index (χ4n) is 2.53. The molecule has 1 heterocycles. The fraction of sp³-hybridized carbons (Fsp3) is 0.150. The molecule has 144 valence electrons. The van der Waals surface area contributed by atoms with Crippen LogP contribution in [0.1, 0.15) is 12.5 Å². The number of ether oxygens (including phenoxy) is 1. The van der Waals surface area contributed by atoms with Crippen molar-refractivity contribution < 1.29 is 9.53 Å². The Labute approximate surface area is 168 Å². The first-order chi connectivity index (χ1) is 13.4. The SMILES string of the molecule is COc1cc(Cl)c(C)cc1Nc1ccnc(Nc2ccc(NC(C)=O)cc2)n1. The molecule has 8 heteroatoms. The molecule has 1 amide bonds. The van der Waals surface area contributed by atoms with E-state index in [0.29, 0.717) is 22.5 Å². The highest BCUT2D eigenvalue weighted by atomic mass is 35.5. The van der Waals surface area contributed by atoms with Gasteiger partial charge >= 0.3 is 0 Å². The van der Waals surface area contributed by atoms with Gasteiger partial charge in [0.2, 0.25) is 11.9 Å². The van der Waals surface area contributed by atoms with Crippen LogP contribution in [0.4, 0.5) is 28.8 Å². The first-order valence-electron chi connectivity index (χ1n) is 8.53. The summed E-state index contributed by atoms with van der Waals surface area (Å²) in [5, 5.41) is 9.72. The van der Waals surface area contributed by atoms with Crippen molar-refractivity contribution in [1.82, 2.24) is 9.97 Å². The van der Waals surface area contributed by atoms with E-state index in [4.69, 9.17) is 16.3 Å². The summed E-state index contributed by atoms with van der Waals surface area (Å²) >= 11 is 6.16. The summed E-state index contributed by atoms with van der Waals surface area (Å²) in [7, 11) is 1.59. The van der Waals surface area contributed by atoms with Crippen molar-refractivity contribution in [2.75, 3.05) is 23.1 Å². The number of amides is 1. The van der Waals surface area contributed by atoms with Gasteiger partial charge in [0, 0.05) is 35.6 Å². The quantitative estimate of drug-likeness (QED) is 0.548. The van der Waals surface area contributed by atoms with Gasteiger partial charge in [0.25, 0.3) is 0 Å². The number of halogens is 1. The lowest BCUT2D eigenvalue weighted by molar-refractivity contribution is -0.114. The van der Waals surface area contributed by atoms with E-state index >= 15 is 0 Å². The zero-order valence-electron chi connectivity index (χ0n) is 15.7. The van der Waals surface area contributed by atoms with Crippen molar-refractivity contribution in [2.45, 2.75) is 13.8 Å². The molecule has 0 fully saturated rings. The number of nitrogens with one attached hydrogen (secondary N) is 3. The molecule has 0 aliphatic heterocycles. The van der Waals surface area contributed by atoms with E-state index in [2.05, 4.69) is 25.9 Å². The molecule has 3 N–H and O–H groups in total. The van der Waals surface area contributed by atoms with Crippen molar-refractivity contribution in [3.8, 4) is 5.75 Å². The van der Waals surface area contributed by atoms with Gasteiger partial charge in [-0.15, -0.1) is 0 Å². The molecule has 0 spiro atoms. The number of hydrogen-bond acceptors (Lipinski definition) is 6. The highest BCUT2D eigenvalue weighted by molar-refractivity contribution is 6.31. The standard InChI is InChI=1S/C20H20ClN5O2/c1-12-10-17(18(28-3)11-16(12)21)25-19-8-9-22-20(26-19)24-15-6-4-14(5-7-15)23-13(2)27/h4-11H,1-3H3,(H,23,27)(H2,22,24,25,26). The maximum absolute atomic E-state index is 11.1. The number of nitrogens with zero attached hydrogens (tertiary/aromatic N) is 2. The van der Waals surface area contributed by atoms with E-state index in [1.807, 2.05) is 25.1 Å². The smallest absolute Gasteiger partial charge is 0.229 e. The second-order valence-corrected chi connectivity index (χ2v) is 6.48. The van der Waals surface area contributed by atoms with Crippen LogP contribution in [0.3, 0.4) is 0 Å². The number of carbonyl (C=O) groups excluding carboxylic acids is 1. The Morgan fingerprint density at radius 1 is 1.07 bits per heavy atom. The Kier molecular flexibility index (Phi) is 5.96. The van der Waals surface area contributed by atoms with Gasteiger partial charge in [0.05, 0.1) is 12.8 Å². The number of benzene rings is 2. The van der Waals surface area contributed by atoms with E-state index in [0.717, 1.165) is 22.6 Å². The summed E-state index contributed by atoms with van der Waals surface area (Å²) in [6.07, 6.45) is 1.65. The fourth-order valence-corrected chi connectivity index (χ4v) is 2.68. The lowest BCUT2D eigenvalue weighted by Crippen LogP contribution is -2.05. The van der Waals surface area contributed by atoms with Crippen LogP contribution in [0.2, 0.25) is 5.02 Å². The molecule has 0 aliphatic carbocycles. The normalized spacial score (nSPS) is 10.3. The van der Waals surface area contributed by atoms with E-state index in [1.54, 1.807) is 37.6 Å². The second-order valence-electron chi connectivity index (χ2n) is 6.08. The predicted molar refractivity (Wildman–Crippen MR) is 112 cm³/mol. The summed E-state index contributed by atoms with van der Waals surface area (Å²) in [6.45, 7) is 3.39. The van der Waals surface area contributed by atoms with Crippen molar-refractivity contribution in [2.24, 2.45) is 0 Å². The van der Waals surface area contributed by atoms with Crippen LogP contribution in [0.5, 0.6) is 5.75 Å². The molecule has 3 rings (SSSR count). The minimum Gasteiger partial charge on any atom is -0.495 e. The Hall–Kier alpha value is -3.32. The average molecular weight is 398 g/mol. The molecule has 7 nitrogen and oxygen atoms in total. The van der Waals surface area contributed by atoms with Crippen molar-refractivity contribution in [3.05, 3.63) is 59.2 Å². The number of carbonyl (C=O) groups is 1. The average Bonchev–Trinajstić information content (AvgIpc) is 2.66. The number of rotatable bonds is 6. The number of anilines is 5. The summed E-state index contributed by atoms with van der Waals surface area (Å²) < 4.78 is 5.38. The van der Waals surface area contributed by atoms with E-state index < -0.39 is 0 Å². The third-order valence-electron chi connectivity index (χ3n) is 3.86. The van der Waals surface area contributed by atoms with Gasteiger partial charge in [0.1, 0.15) is 11.6 Å². The Morgan fingerprint density at radius 2 is 1.79 bits per heavy atom. The molecule has 0 bridgehead atoms. The lowest BCUT2D eigenvalue weighted by Gasteiger charge is -2.13. The monoisotopic (exact) mass is 397 g/mol. The number of methoxy groups -OCH3 is 1. The third kappa shape index (κ3) is 4.89. The topological polar surface area (TPSA) is 88.2 Å². The van der Waals surface area contributed by atoms with E-state index in [-0.39, 0.29) is 5.91 Å². The maximum Gasteiger partial charge on any atom is 0.229 e. The van der Waals surface area contributed by atoms with Crippen LogP contribution in [-0.4, -0.2) is 23.0 Å². The number of hydrogen-bond donors (Lipinski definition) is 3. The second kappa shape index (κ2) is 8.58. The Balaban J connectivity index is 1.76. The molecular formula is C20H20ClN5O2. The van der Waals surface area contributed by atoms with Gasteiger partial charge in [-0.25, -0.2) is 4.98 Å². The highest BCUT2D eigenvalue weighted by Gasteiger charge is 2.09. The van der Waals surface area contributed by atoms with Crippen LogP contribution >= 0.6 is 11.6 Å². The zero-order valence-corrected chi connectivity index (χ0v) is 16.5. The van der Waals surface area contributed by atoms with Crippen LogP contribution in [0, 0.1) is 6.92 Å². The Bertz CT molecular complexity index is 992. The Morgan fingerprint density at radius 3 is 2.46 bits per heavy atom. The van der Waals surface area contributed by atoms with Crippen LogP contribution in [0.25, 0.3) is 0 Å².